The first-order valence-corrected chi connectivity index (χ1v) is 12.0. The zero-order valence-corrected chi connectivity index (χ0v) is 17.6. The van der Waals surface area contributed by atoms with Gasteiger partial charge in [-0.15, -0.1) is 10.2 Å². The average molecular weight is 423 g/mol. The molecule has 1 atom stereocenters. The maximum atomic E-state index is 13.0. The topological polar surface area (TPSA) is 92.3 Å². The lowest BCUT2D eigenvalue weighted by molar-refractivity contribution is -0.120. The number of hydrogen-bond donors (Lipinski definition) is 1. The second-order valence-electron chi connectivity index (χ2n) is 6.89. The van der Waals surface area contributed by atoms with Gasteiger partial charge in [0.25, 0.3) is 0 Å². The molecule has 0 bridgehead atoms. The van der Waals surface area contributed by atoms with Crippen LogP contribution in [0.25, 0.3) is 0 Å². The SMILES string of the molecule is CCCCCc1nnc(NC(=O)C2CCCCN2S(=O)(=O)c2ccccc2)s1. The van der Waals surface area contributed by atoms with Crippen LogP contribution >= 0.6 is 11.3 Å². The van der Waals surface area contributed by atoms with Gasteiger partial charge in [0.15, 0.2) is 0 Å². The molecule has 1 aliphatic heterocycles. The molecule has 1 aromatic heterocycles. The molecule has 3 rings (SSSR count). The minimum atomic E-state index is -3.72. The molecule has 0 saturated carbocycles. The molecule has 1 saturated heterocycles. The summed E-state index contributed by atoms with van der Waals surface area (Å²) in [6, 6.07) is 7.54. The van der Waals surface area contributed by atoms with Gasteiger partial charge >= 0.3 is 0 Å². The van der Waals surface area contributed by atoms with Gasteiger partial charge in [0.1, 0.15) is 11.0 Å². The number of carbonyl (C=O) groups excluding carboxylic acids is 1. The summed E-state index contributed by atoms with van der Waals surface area (Å²) in [4.78, 5) is 13.1. The van der Waals surface area contributed by atoms with Crippen LogP contribution in [0.4, 0.5) is 5.13 Å². The van der Waals surface area contributed by atoms with Crippen LogP contribution in [0.1, 0.15) is 50.5 Å². The maximum Gasteiger partial charge on any atom is 0.244 e. The Hall–Kier alpha value is -1.84. The van der Waals surface area contributed by atoms with E-state index in [1.54, 1.807) is 30.3 Å². The molecule has 1 aromatic carbocycles. The molecule has 7 nitrogen and oxygen atoms in total. The van der Waals surface area contributed by atoms with Gasteiger partial charge < -0.3 is 0 Å². The normalized spacial score (nSPS) is 18.1. The van der Waals surface area contributed by atoms with E-state index in [1.165, 1.54) is 15.6 Å². The summed E-state index contributed by atoms with van der Waals surface area (Å²) >= 11 is 1.36. The number of carbonyl (C=O) groups is 1. The van der Waals surface area contributed by atoms with Crippen molar-refractivity contribution in [3.05, 3.63) is 35.3 Å². The molecule has 1 N–H and O–H groups in total. The van der Waals surface area contributed by atoms with Gasteiger partial charge in [0.2, 0.25) is 21.1 Å². The number of piperidine rings is 1. The van der Waals surface area contributed by atoms with Gasteiger partial charge in [-0.2, -0.15) is 4.31 Å². The minimum Gasteiger partial charge on any atom is -0.299 e. The molecule has 0 radical (unpaired) electrons. The second-order valence-corrected chi connectivity index (χ2v) is 9.84. The molecule has 1 amide bonds. The first kappa shape index (κ1) is 20.9. The quantitative estimate of drug-likeness (QED) is 0.658. The van der Waals surface area contributed by atoms with E-state index < -0.39 is 16.1 Å². The van der Waals surface area contributed by atoms with Gasteiger partial charge in [-0.3, -0.25) is 10.1 Å². The van der Waals surface area contributed by atoms with Crippen LogP contribution in [0, 0.1) is 0 Å². The number of anilines is 1. The Labute approximate surface area is 170 Å². The Morgan fingerprint density at radius 1 is 1.21 bits per heavy atom. The van der Waals surface area contributed by atoms with Gasteiger partial charge in [-0.1, -0.05) is 55.7 Å². The van der Waals surface area contributed by atoms with Crippen LogP contribution < -0.4 is 5.32 Å². The van der Waals surface area contributed by atoms with Crippen molar-refractivity contribution in [1.82, 2.24) is 14.5 Å². The van der Waals surface area contributed by atoms with Crippen LogP contribution in [0.3, 0.4) is 0 Å². The highest BCUT2D eigenvalue weighted by atomic mass is 32.2. The number of aryl methyl sites for hydroxylation is 1. The first-order chi connectivity index (χ1) is 13.5. The number of sulfonamides is 1. The summed E-state index contributed by atoms with van der Waals surface area (Å²) in [6.45, 7) is 2.48. The summed E-state index contributed by atoms with van der Waals surface area (Å²) in [6.07, 6.45) is 6.23. The maximum absolute atomic E-state index is 13.0. The predicted molar refractivity (Wildman–Crippen MR) is 110 cm³/mol. The number of nitrogens with one attached hydrogen (secondary N) is 1. The highest BCUT2D eigenvalue weighted by Crippen LogP contribution is 2.27. The monoisotopic (exact) mass is 422 g/mol. The fraction of sp³-hybridized carbons (Fsp3) is 0.526. The number of benzene rings is 1. The summed E-state index contributed by atoms with van der Waals surface area (Å²) in [7, 11) is -3.72. The number of hydrogen-bond acceptors (Lipinski definition) is 6. The van der Waals surface area contributed by atoms with E-state index in [9.17, 15) is 13.2 Å². The Morgan fingerprint density at radius 2 is 2.00 bits per heavy atom. The molecular weight excluding hydrogens is 396 g/mol. The predicted octanol–water partition coefficient (Wildman–Crippen LogP) is 3.45. The third kappa shape index (κ3) is 4.95. The lowest BCUT2D eigenvalue weighted by Crippen LogP contribution is -2.49. The zero-order valence-electron chi connectivity index (χ0n) is 16.0. The van der Waals surface area contributed by atoms with Gasteiger partial charge in [0, 0.05) is 13.0 Å². The number of unbranched alkanes of at least 4 members (excludes halogenated alkanes) is 2. The average Bonchev–Trinajstić information content (AvgIpc) is 3.16. The van der Waals surface area contributed by atoms with Crippen LogP contribution in [-0.4, -0.2) is 41.4 Å². The summed E-state index contributed by atoms with van der Waals surface area (Å²) < 4.78 is 27.4. The van der Waals surface area contributed by atoms with Crippen molar-refractivity contribution in [3.8, 4) is 0 Å². The lowest BCUT2D eigenvalue weighted by atomic mass is 10.0. The summed E-state index contributed by atoms with van der Waals surface area (Å²) in [5.41, 5.74) is 0. The smallest absolute Gasteiger partial charge is 0.244 e. The largest absolute Gasteiger partial charge is 0.299 e. The van der Waals surface area contributed by atoms with E-state index in [1.807, 2.05) is 0 Å². The van der Waals surface area contributed by atoms with Crippen LogP contribution in [0.2, 0.25) is 0 Å². The Balaban J connectivity index is 1.71. The highest BCUT2D eigenvalue weighted by Gasteiger charge is 2.37. The van der Waals surface area contributed by atoms with Crippen LogP contribution in [-0.2, 0) is 21.2 Å². The summed E-state index contributed by atoms with van der Waals surface area (Å²) in [5.74, 6) is -0.338. The second kappa shape index (κ2) is 9.58. The molecule has 1 unspecified atom stereocenters. The van der Waals surface area contributed by atoms with Crippen LogP contribution in [0.5, 0.6) is 0 Å². The standard InChI is InChI=1S/C19H26N4O3S2/c1-2-3-5-13-17-21-22-19(27-17)20-18(24)16-12-8-9-14-23(16)28(25,26)15-10-6-4-7-11-15/h4,6-7,10-11,16H,2-3,5,8-9,12-14H2,1H3,(H,20,22,24). The van der Waals surface area contributed by atoms with Crippen molar-refractivity contribution in [3.63, 3.8) is 0 Å². The Bertz CT molecular complexity index is 884. The fourth-order valence-corrected chi connectivity index (χ4v) is 5.76. The molecule has 9 heteroatoms. The van der Waals surface area contributed by atoms with E-state index in [0.29, 0.717) is 18.1 Å². The zero-order chi connectivity index (χ0) is 20.0. The van der Waals surface area contributed by atoms with Gasteiger partial charge in [0.05, 0.1) is 4.90 Å². The van der Waals surface area contributed by atoms with E-state index in [0.717, 1.165) is 43.5 Å². The van der Waals surface area contributed by atoms with E-state index in [4.69, 9.17) is 0 Å². The molecule has 152 valence electrons. The molecule has 1 aliphatic rings. The molecule has 2 heterocycles. The van der Waals surface area contributed by atoms with Crippen molar-refractivity contribution in [2.45, 2.75) is 62.8 Å². The van der Waals surface area contributed by atoms with E-state index >= 15 is 0 Å². The molecule has 2 aromatic rings. The number of aromatic nitrogens is 2. The van der Waals surface area contributed by atoms with Crippen molar-refractivity contribution in [2.24, 2.45) is 0 Å². The molecule has 1 fully saturated rings. The fourth-order valence-electron chi connectivity index (χ4n) is 3.30. The van der Waals surface area contributed by atoms with Crippen molar-refractivity contribution in [2.75, 3.05) is 11.9 Å². The molecule has 0 aliphatic carbocycles. The molecule has 28 heavy (non-hydrogen) atoms. The minimum absolute atomic E-state index is 0.212. The van der Waals surface area contributed by atoms with E-state index in [-0.39, 0.29) is 10.8 Å². The van der Waals surface area contributed by atoms with Gasteiger partial charge in [-0.05, 0) is 31.4 Å². The third-order valence-electron chi connectivity index (χ3n) is 4.80. The summed E-state index contributed by atoms with van der Waals surface area (Å²) in [5, 5.41) is 12.3. The number of nitrogens with zero attached hydrogens (tertiary/aromatic N) is 3. The van der Waals surface area contributed by atoms with Gasteiger partial charge in [-0.25, -0.2) is 8.42 Å². The van der Waals surface area contributed by atoms with Crippen molar-refractivity contribution < 1.29 is 13.2 Å². The van der Waals surface area contributed by atoms with E-state index in [2.05, 4.69) is 22.4 Å². The van der Waals surface area contributed by atoms with Crippen molar-refractivity contribution in [1.29, 1.82) is 0 Å². The Morgan fingerprint density at radius 3 is 2.75 bits per heavy atom. The Kier molecular flexibility index (Phi) is 7.14. The molecular formula is C19H26N4O3S2. The van der Waals surface area contributed by atoms with Crippen molar-refractivity contribution >= 4 is 32.4 Å². The van der Waals surface area contributed by atoms with Crippen LogP contribution in [0.15, 0.2) is 35.2 Å². The lowest BCUT2D eigenvalue weighted by Gasteiger charge is -2.33. The molecule has 0 spiro atoms. The number of amides is 1. The highest BCUT2D eigenvalue weighted by molar-refractivity contribution is 7.89. The first-order valence-electron chi connectivity index (χ1n) is 9.72. The number of rotatable bonds is 8. The third-order valence-corrected chi connectivity index (χ3v) is 7.62.